The van der Waals surface area contributed by atoms with Crippen molar-refractivity contribution >= 4 is 33.0 Å². The van der Waals surface area contributed by atoms with Gasteiger partial charge in [0.1, 0.15) is 12.3 Å². The summed E-state index contributed by atoms with van der Waals surface area (Å²) in [5.74, 6) is -0.141. The highest BCUT2D eigenvalue weighted by molar-refractivity contribution is 7.92. The van der Waals surface area contributed by atoms with Gasteiger partial charge in [-0.2, -0.15) is 5.26 Å². The molecule has 0 aliphatic heterocycles. The Morgan fingerprint density at radius 2 is 1.77 bits per heavy atom. The number of nitro benzene ring substituents is 1. The minimum atomic E-state index is -4.36. The molecule has 0 heterocycles. The minimum absolute atomic E-state index is 0.175. The molecule has 11 heteroatoms. The van der Waals surface area contributed by atoms with E-state index in [1.807, 2.05) is 6.07 Å². The van der Waals surface area contributed by atoms with Crippen LogP contribution in [0.4, 0.5) is 17.1 Å². The van der Waals surface area contributed by atoms with Gasteiger partial charge in [0, 0.05) is 17.3 Å². The second-order valence-electron chi connectivity index (χ2n) is 7.50. The summed E-state index contributed by atoms with van der Waals surface area (Å²) in [5.41, 5.74) is 1.34. The quantitative estimate of drug-likeness (QED) is 0.352. The third-order valence-electron chi connectivity index (χ3n) is 5.13. The number of benzene rings is 3. The summed E-state index contributed by atoms with van der Waals surface area (Å²) >= 11 is 0. The predicted molar refractivity (Wildman–Crippen MR) is 130 cm³/mol. The molecule has 0 atom stereocenters. The molecule has 0 saturated heterocycles. The summed E-state index contributed by atoms with van der Waals surface area (Å²) in [6, 6.07) is 18.2. The number of ether oxygens (including phenoxy) is 1. The van der Waals surface area contributed by atoms with Gasteiger partial charge in [-0.25, -0.2) is 8.42 Å². The molecule has 35 heavy (non-hydrogen) atoms. The van der Waals surface area contributed by atoms with Gasteiger partial charge in [0.2, 0.25) is 5.91 Å². The number of nitriles is 1. The third-order valence-corrected chi connectivity index (χ3v) is 6.90. The molecular formula is C24H22N4O6S. The highest BCUT2D eigenvalue weighted by Crippen LogP contribution is 2.29. The molecule has 3 rings (SSSR count). The number of carbonyl (C=O) groups excluding carboxylic acids is 1. The number of nitrogens with zero attached hydrogens (tertiary/aromatic N) is 3. The van der Waals surface area contributed by atoms with Crippen molar-refractivity contribution in [2.75, 3.05) is 23.3 Å². The molecule has 180 valence electrons. The van der Waals surface area contributed by atoms with Gasteiger partial charge in [0.25, 0.3) is 15.7 Å². The Bertz CT molecular complexity index is 1380. The Morgan fingerprint density at radius 1 is 1.11 bits per heavy atom. The molecule has 1 amide bonds. The monoisotopic (exact) mass is 494 g/mol. The number of hydrogen-bond donors (Lipinski definition) is 1. The van der Waals surface area contributed by atoms with Crippen molar-refractivity contribution in [2.24, 2.45) is 0 Å². The van der Waals surface area contributed by atoms with Crippen molar-refractivity contribution in [3.05, 3.63) is 88.0 Å². The second-order valence-corrected chi connectivity index (χ2v) is 9.36. The van der Waals surface area contributed by atoms with Crippen LogP contribution in [0.3, 0.4) is 0 Å². The van der Waals surface area contributed by atoms with Crippen molar-refractivity contribution in [1.29, 1.82) is 5.26 Å². The average Bonchev–Trinajstić information content (AvgIpc) is 2.84. The SMILES string of the molecule is COc1ccc(N(CC(=O)Nc2ccc(CC#N)cc2)S(=O)(=O)c2ccc(C)c([N+](=O)[O-])c2)cc1. The highest BCUT2D eigenvalue weighted by atomic mass is 32.2. The van der Waals surface area contributed by atoms with Gasteiger partial charge >= 0.3 is 0 Å². The van der Waals surface area contributed by atoms with Crippen LogP contribution in [0.1, 0.15) is 11.1 Å². The van der Waals surface area contributed by atoms with E-state index in [1.54, 1.807) is 36.4 Å². The number of anilines is 2. The molecule has 3 aromatic carbocycles. The fraction of sp³-hybridized carbons (Fsp3) is 0.167. The zero-order valence-electron chi connectivity index (χ0n) is 19.0. The van der Waals surface area contributed by atoms with E-state index < -0.39 is 27.4 Å². The minimum Gasteiger partial charge on any atom is -0.497 e. The lowest BCUT2D eigenvalue weighted by Gasteiger charge is -2.24. The molecule has 3 aromatic rings. The average molecular weight is 495 g/mol. The van der Waals surface area contributed by atoms with Gasteiger partial charge in [0.05, 0.1) is 35.1 Å². The van der Waals surface area contributed by atoms with Gasteiger partial charge in [0.15, 0.2) is 0 Å². The molecule has 0 spiro atoms. The number of carbonyl (C=O) groups is 1. The highest BCUT2D eigenvalue weighted by Gasteiger charge is 2.29. The molecule has 10 nitrogen and oxygen atoms in total. The molecule has 0 unspecified atom stereocenters. The van der Waals surface area contributed by atoms with E-state index in [9.17, 15) is 23.3 Å². The molecule has 0 bridgehead atoms. The number of nitro groups is 1. The fourth-order valence-electron chi connectivity index (χ4n) is 3.27. The van der Waals surface area contributed by atoms with Crippen molar-refractivity contribution in [3.63, 3.8) is 0 Å². The van der Waals surface area contributed by atoms with Crippen molar-refractivity contribution in [2.45, 2.75) is 18.2 Å². The van der Waals surface area contributed by atoms with E-state index in [2.05, 4.69) is 5.32 Å². The number of amides is 1. The topological polar surface area (TPSA) is 143 Å². The summed E-state index contributed by atoms with van der Waals surface area (Å²) in [4.78, 5) is 23.2. The van der Waals surface area contributed by atoms with Crippen molar-refractivity contribution in [1.82, 2.24) is 0 Å². The predicted octanol–water partition coefficient (Wildman–Crippen LogP) is 3.81. The van der Waals surface area contributed by atoms with Crippen LogP contribution in [0.25, 0.3) is 0 Å². The maximum Gasteiger partial charge on any atom is 0.273 e. The number of rotatable bonds is 9. The smallest absolute Gasteiger partial charge is 0.273 e. The first-order chi connectivity index (χ1) is 16.6. The van der Waals surface area contributed by atoms with E-state index in [0.29, 0.717) is 17.0 Å². The molecule has 0 aliphatic rings. The Hall–Kier alpha value is -4.43. The Morgan fingerprint density at radius 3 is 2.34 bits per heavy atom. The summed E-state index contributed by atoms with van der Waals surface area (Å²) < 4.78 is 33.1. The van der Waals surface area contributed by atoms with E-state index in [1.165, 1.54) is 38.3 Å². The maximum absolute atomic E-state index is 13.5. The zero-order chi connectivity index (χ0) is 25.6. The molecule has 0 radical (unpaired) electrons. The van der Waals surface area contributed by atoms with Gasteiger partial charge in [-0.15, -0.1) is 0 Å². The van der Waals surface area contributed by atoms with E-state index in [0.717, 1.165) is 15.9 Å². The maximum atomic E-state index is 13.5. The standard InChI is InChI=1S/C24H22N4O6S/c1-17-3-12-22(15-23(17)28(30)31)35(32,33)27(20-8-10-21(34-2)11-9-20)16-24(29)26-19-6-4-18(5-7-19)13-14-25/h3-12,15H,13,16H2,1-2H3,(H,26,29). The lowest BCUT2D eigenvalue weighted by molar-refractivity contribution is -0.385. The molecule has 0 fully saturated rings. The van der Waals surface area contributed by atoms with Crippen LogP contribution in [0, 0.1) is 28.4 Å². The molecule has 0 aromatic heterocycles. The number of methoxy groups -OCH3 is 1. The number of sulfonamides is 1. The molecule has 1 N–H and O–H groups in total. The molecular weight excluding hydrogens is 472 g/mol. The first kappa shape index (κ1) is 25.2. The largest absolute Gasteiger partial charge is 0.497 e. The first-order valence-electron chi connectivity index (χ1n) is 10.3. The second kappa shape index (κ2) is 10.7. The lowest BCUT2D eigenvalue weighted by Crippen LogP contribution is -2.38. The Labute approximate surface area is 202 Å². The van der Waals surface area contributed by atoms with Crippen LogP contribution in [-0.4, -0.2) is 32.9 Å². The van der Waals surface area contributed by atoms with E-state index >= 15 is 0 Å². The first-order valence-corrected chi connectivity index (χ1v) is 11.8. The summed E-state index contributed by atoms with van der Waals surface area (Å²) in [6.45, 7) is 0.918. The zero-order valence-corrected chi connectivity index (χ0v) is 19.8. The summed E-state index contributed by atoms with van der Waals surface area (Å²) in [7, 11) is -2.89. The summed E-state index contributed by atoms with van der Waals surface area (Å²) in [5, 5.41) is 22.8. The van der Waals surface area contributed by atoms with Crippen LogP contribution in [0.15, 0.2) is 71.6 Å². The van der Waals surface area contributed by atoms with Crippen LogP contribution < -0.4 is 14.4 Å². The number of nitrogens with one attached hydrogen (secondary N) is 1. The van der Waals surface area contributed by atoms with Crippen LogP contribution in [0.2, 0.25) is 0 Å². The fourth-order valence-corrected chi connectivity index (χ4v) is 4.71. The Kier molecular flexibility index (Phi) is 7.68. The van der Waals surface area contributed by atoms with E-state index in [-0.39, 0.29) is 22.7 Å². The lowest BCUT2D eigenvalue weighted by atomic mass is 10.1. The van der Waals surface area contributed by atoms with Crippen LogP contribution in [-0.2, 0) is 21.2 Å². The Balaban J connectivity index is 1.96. The number of hydrogen-bond acceptors (Lipinski definition) is 7. The molecule has 0 aliphatic carbocycles. The normalized spacial score (nSPS) is 10.8. The van der Waals surface area contributed by atoms with Crippen LogP contribution >= 0.6 is 0 Å². The molecule has 0 saturated carbocycles. The van der Waals surface area contributed by atoms with Crippen LogP contribution in [0.5, 0.6) is 5.75 Å². The third kappa shape index (κ3) is 5.93. The van der Waals surface area contributed by atoms with E-state index in [4.69, 9.17) is 10.00 Å². The van der Waals surface area contributed by atoms with Crippen molar-refractivity contribution < 1.29 is 22.9 Å². The number of aryl methyl sites for hydroxylation is 1. The van der Waals surface area contributed by atoms with Gasteiger partial charge in [-0.3, -0.25) is 19.2 Å². The van der Waals surface area contributed by atoms with Gasteiger partial charge in [-0.05, 0) is 55.0 Å². The van der Waals surface area contributed by atoms with Gasteiger partial charge in [-0.1, -0.05) is 18.2 Å². The van der Waals surface area contributed by atoms with Gasteiger partial charge < -0.3 is 10.1 Å². The summed E-state index contributed by atoms with van der Waals surface area (Å²) in [6.07, 6.45) is 0.223. The van der Waals surface area contributed by atoms with Crippen molar-refractivity contribution in [3.8, 4) is 11.8 Å².